The average molecular weight is 282 g/mol. The quantitative estimate of drug-likeness (QED) is 0.862. The number of anilines is 1. The van der Waals surface area contributed by atoms with Crippen LogP contribution in [0.4, 0.5) is 5.69 Å². The maximum Gasteiger partial charge on any atom is 0.230 e. The van der Waals surface area contributed by atoms with Gasteiger partial charge in [0.1, 0.15) is 0 Å². The molecular weight excluding hydrogens is 262 g/mol. The van der Waals surface area contributed by atoms with Crippen molar-refractivity contribution in [2.24, 2.45) is 11.8 Å². The molecule has 0 saturated carbocycles. The van der Waals surface area contributed by atoms with Gasteiger partial charge in [-0.1, -0.05) is 25.1 Å². The number of nitrogens with one attached hydrogen (secondary N) is 1. The second-order valence-electron chi connectivity index (χ2n) is 5.21. The number of rotatable bonds is 3. The maximum atomic E-state index is 12.4. The van der Waals surface area contributed by atoms with Crippen LogP contribution in [0.15, 0.2) is 24.3 Å². The molecule has 1 aliphatic heterocycles. The number of benzene rings is 1. The molecule has 4 heteroatoms. The number of ether oxygens (including phenoxy) is 1. The number of alkyl halides is 1. The third-order valence-electron chi connectivity index (χ3n) is 3.96. The molecule has 1 aromatic carbocycles. The SMILES string of the molecule is CC1OC(C)C(C(=O)Nc2ccccc2CCl)C1C. The van der Waals surface area contributed by atoms with Gasteiger partial charge in [-0.2, -0.15) is 0 Å². The van der Waals surface area contributed by atoms with Gasteiger partial charge in [0.2, 0.25) is 5.91 Å². The minimum absolute atomic E-state index is 0.0157. The van der Waals surface area contributed by atoms with Crippen LogP contribution in [0.2, 0.25) is 0 Å². The van der Waals surface area contributed by atoms with Gasteiger partial charge >= 0.3 is 0 Å². The van der Waals surface area contributed by atoms with Crippen molar-refractivity contribution in [1.82, 2.24) is 0 Å². The Balaban J connectivity index is 2.13. The van der Waals surface area contributed by atoms with Gasteiger partial charge in [0, 0.05) is 11.6 Å². The minimum Gasteiger partial charge on any atom is -0.374 e. The summed E-state index contributed by atoms with van der Waals surface area (Å²) in [5, 5.41) is 2.98. The van der Waals surface area contributed by atoms with E-state index in [1.165, 1.54) is 0 Å². The number of para-hydroxylation sites is 1. The lowest BCUT2D eigenvalue weighted by Crippen LogP contribution is -2.32. The van der Waals surface area contributed by atoms with Gasteiger partial charge in [-0.3, -0.25) is 4.79 Å². The topological polar surface area (TPSA) is 38.3 Å². The first-order valence-corrected chi connectivity index (χ1v) is 7.18. The van der Waals surface area contributed by atoms with E-state index in [1.807, 2.05) is 38.1 Å². The van der Waals surface area contributed by atoms with Gasteiger partial charge in [0.05, 0.1) is 18.1 Å². The van der Waals surface area contributed by atoms with Crippen molar-refractivity contribution in [3.8, 4) is 0 Å². The lowest BCUT2D eigenvalue weighted by molar-refractivity contribution is -0.121. The molecular formula is C15H20ClNO2. The highest BCUT2D eigenvalue weighted by Crippen LogP contribution is 2.33. The van der Waals surface area contributed by atoms with Crippen LogP contribution in [0.5, 0.6) is 0 Å². The molecule has 0 radical (unpaired) electrons. The van der Waals surface area contributed by atoms with E-state index < -0.39 is 0 Å². The number of carbonyl (C=O) groups is 1. The number of halogens is 1. The standard InChI is InChI=1S/C15H20ClNO2/c1-9-10(2)19-11(3)14(9)15(18)17-13-7-5-4-6-12(13)8-16/h4-7,9-11,14H,8H2,1-3H3,(H,17,18). The molecule has 2 rings (SSSR count). The number of hydrogen-bond acceptors (Lipinski definition) is 2. The van der Waals surface area contributed by atoms with Crippen LogP contribution in [-0.2, 0) is 15.4 Å². The van der Waals surface area contributed by atoms with E-state index >= 15 is 0 Å². The molecule has 1 amide bonds. The summed E-state index contributed by atoms with van der Waals surface area (Å²) in [4.78, 5) is 12.4. The Hall–Kier alpha value is -1.06. The fraction of sp³-hybridized carbons (Fsp3) is 0.533. The molecule has 1 heterocycles. The van der Waals surface area contributed by atoms with Gasteiger partial charge in [-0.05, 0) is 31.4 Å². The molecule has 0 aromatic heterocycles. The molecule has 4 unspecified atom stereocenters. The van der Waals surface area contributed by atoms with E-state index in [2.05, 4.69) is 12.2 Å². The molecule has 19 heavy (non-hydrogen) atoms. The van der Waals surface area contributed by atoms with Gasteiger partial charge < -0.3 is 10.1 Å². The maximum absolute atomic E-state index is 12.4. The van der Waals surface area contributed by atoms with E-state index in [0.717, 1.165) is 11.3 Å². The molecule has 1 fully saturated rings. The monoisotopic (exact) mass is 281 g/mol. The Bertz CT molecular complexity index is 463. The average Bonchev–Trinajstić information content (AvgIpc) is 2.64. The Labute approximate surface area is 119 Å². The normalized spacial score (nSPS) is 30.3. The van der Waals surface area contributed by atoms with Crippen LogP contribution in [-0.4, -0.2) is 18.1 Å². The molecule has 1 aliphatic rings. The Morgan fingerprint density at radius 1 is 1.26 bits per heavy atom. The predicted octanol–water partition coefficient (Wildman–Crippen LogP) is 3.42. The second-order valence-corrected chi connectivity index (χ2v) is 5.48. The molecule has 0 bridgehead atoms. The van der Waals surface area contributed by atoms with E-state index in [9.17, 15) is 4.79 Å². The van der Waals surface area contributed by atoms with Crippen molar-refractivity contribution < 1.29 is 9.53 Å². The van der Waals surface area contributed by atoms with Gasteiger partial charge in [0.25, 0.3) is 0 Å². The van der Waals surface area contributed by atoms with Crippen molar-refractivity contribution in [3.05, 3.63) is 29.8 Å². The van der Waals surface area contributed by atoms with Crippen molar-refractivity contribution >= 4 is 23.2 Å². The summed E-state index contributed by atoms with van der Waals surface area (Å²) in [6.45, 7) is 6.03. The molecule has 1 aromatic rings. The highest BCUT2D eigenvalue weighted by molar-refractivity contribution is 6.17. The summed E-state index contributed by atoms with van der Waals surface area (Å²) < 4.78 is 5.71. The first-order chi connectivity index (χ1) is 9.04. The largest absolute Gasteiger partial charge is 0.374 e. The number of hydrogen-bond donors (Lipinski definition) is 1. The summed E-state index contributed by atoms with van der Waals surface area (Å²) >= 11 is 5.88. The summed E-state index contributed by atoms with van der Waals surface area (Å²) in [7, 11) is 0. The zero-order chi connectivity index (χ0) is 14.0. The summed E-state index contributed by atoms with van der Waals surface area (Å²) in [5.41, 5.74) is 1.73. The zero-order valence-electron chi connectivity index (χ0n) is 11.5. The Morgan fingerprint density at radius 3 is 2.53 bits per heavy atom. The first kappa shape index (κ1) is 14.4. The van der Waals surface area contributed by atoms with Gasteiger partial charge in [0.15, 0.2) is 0 Å². The van der Waals surface area contributed by atoms with Gasteiger partial charge in [-0.25, -0.2) is 0 Å². The third-order valence-corrected chi connectivity index (χ3v) is 4.25. The van der Waals surface area contributed by atoms with Crippen molar-refractivity contribution in [2.45, 2.75) is 38.9 Å². The number of amides is 1. The molecule has 1 saturated heterocycles. The van der Waals surface area contributed by atoms with Crippen LogP contribution in [0.3, 0.4) is 0 Å². The molecule has 3 nitrogen and oxygen atoms in total. The minimum atomic E-state index is -0.113. The zero-order valence-corrected chi connectivity index (χ0v) is 12.3. The Morgan fingerprint density at radius 2 is 1.95 bits per heavy atom. The van der Waals surface area contributed by atoms with Crippen molar-refractivity contribution in [3.63, 3.8) is 0 Å². The molecule has 0 aliphatic carbocycles. The van der Waals surface area contributed by atoms with Crippen LogP contribution >= 0.6 is 11.6 Å². The molecule has 0 spiro atoms. The fourth-order valence-electron chi connectivity index (χ4n) is 2.69. The molecule has 1 N–H and O–H groups in total. The second kappa shape index (κ2) is 5.93. The Kier molecular flexibility index (Phi) is 4.48. The lowest BCUT2D eigenvalue weighted by atomic mass is 9.88. The van der Waals surface area contributed by atoms with E-state index in [-0.39, 0.29) is 30.0 Å². The predicted molar refractivity (Wildman–Crippen MR) is 77.3 cm³/mol. The highest BCUT2D eigenvalue weighted by Gasteiger charge is 2.41. The summed E-state index contributed by atoms with van der Waals surface area (Å²) in [5.74, 6) is 0.512. The molecule has 104 valence electrons. The van der Waals surface area contributed by atoms with E-state index in [0.29, 0.717) is 5.88 Å². The summed E-state index contributed by atoms with van der Waals surface area (Å²) in [6.07, 6.45) is 0.0715. The first-order valence-electron chi connectivity index (χ1n) is 6.64. The lowest BCUT2D eigenvalue weighted by Gasteiger charge is -2.19. The number of carbonyl (C=O) groups excluding carboxylic acids is 1. The molecule has 4 atom stereocenters. The summed E-state index contributed by atoms with van der Waals surface area (Å²) in [6, 6.07) is 7.61. The van der Waals surface area contributed by atoms with Crippen molar-refractivity contribution in [2.75, 3.05) is 5.32 Å². The highest BCUT2D eigenvalue weighted by atomic mass is 35.5. The van der Waals surface area contributed by atoms with E-state index in [1.54, 1.807) is 0 Å². The van der Waals surface area contributed by atoms with Crippen LogP contribution < -0.4 is 5.32 Å². The fourth-order valence-corrected chi connectivity index (χ4v) is 2.93. The van der Waals surface area contributed by atoms with Gasteiger partial charge in [-0.15, -0.1) is 11.6 Å². The van der Waals surface area contributed by atoms with Crippen LogP contribution in [0.1, 0.15) is 26.3 Å². The third kappa shape index (κ3) is 2.93. The smallest absolute Gasteiger partial charge is 0.230 e. The van der Waals surface area contributed by atoms with Crippen LogP contribution in [0.25, 0.3) is 0 Å². The van der Waals surface area contributed by atoms with Crippen molar-refractivity contribution in [1.29, 1.82) is 0 Å². The van der Waals surface area contributed by atoms with E-state index in [4.69, 9.17) is 16.3 Å². The van der Waals surface area contributed by atoms with Crippen LogP contribution in [0, 0.1) is 11.8 Å².